The van der Waals surface area contributed by atoms with E-state index < -0.39 is 5.56 Å². The topological polar surface area (TPSA) is 81.5 Å². The van der Waals surface area contributed by atoms with Crippen molar-refractivity contribution in [1.82, 2.24) is 14.9 Å². The average molecular weight is 306 g/mol. The van der Waals surface area contributed by atoms with Crippen molar-refractivity contribution in [2.45, 2.75) is 6.92 Å². The normalized spacial score (nSPS) is 10.8. The minimum absolute atomic E-state index is 0.111. The van der Waals surface area contributed by atoms with Crippen LogP contribution in [0.3, 0.4) is 0 Å². The summed E-state index contributed by atoms with van der Waals surface area (Å²) in [5.41, 5.74) is 0.255. The number of ether oxygens (including phenoxy) is 2. The number of methoxy groups -OCH3 is 1. The number of aromatic amines is 1. The molecule has 1 aromatic heterocycles. The van der Waals surface area contributed by atoms with Gasteiger partial charge in [0.15, 0.2) is 11.5 Å². The molecule has 0 amide bonds. The van der Waals surface area contributed by atoms with Crippen LogP contribution in [0, 0.1) is 4.77 Å². The van der Waals surface area contributed by atoms with E-state index in [1.54, 1.807) is 25.3 Å². The van der Waals surface area contributed by atoms with Crippen molar-refractivity contribution in [2.24, 2.45) is 5.10 Å². The maximum absolute atomic E-state index is 11.6. The van der Waals surface area contributed by atoms with E-state index in [2.05, 4.69) is 15.3 Å². The van der Waals surface area contributed by atoms with Crippen LogP contribution in [0.25, 0.3) is 0 Å². The van der Waals surface area contributed by atoms with Crippen molar-refractivity contribution in [3.63, 3.8) is 0 Å². The molecule has 110 valence electrons. The van der Waals surface area contributed by atoms with E-state index in [0.717, 1.165) is 10.9 Å². The number of aromatic nitrogens is 3. The van der Waals surface area contributed by atoms with Gasteiger partial charge in [0.25, 0.3) is 5.56 Å². The largest absolute Gasteiger partial charge is 0.493 e. The Bertz CT molecular complexity index is 738. The van der Waals surface area contributed by atoms with Crippen LogP contribution in [0.1, 0.15) is 12.5 Å². The van der Waals surface area contributed by atoms with Gasteiger partial charge in [-0.3, -0.25) is 9.89 Å². The first kappa shape index (κ1) is 14.9. The van der Waals surface area contributed by atoms with Crippen LogP contribution in [-0.2, 0) is 0 Å². The highest BCUT2D eigenvalue weighted by Gasteiger charge is 2.08. The first-order valence-corrected chi connectivity index (χ1v) is 6.59. The summed E-state index contributed by atoms with van der Waals surface area (Å²) in [5, 5.41) is 10.2. The Morgan fingerprint density at radius 2 is 2.33 bits per heavy atom. The number of hydrogen-bond acceptors (Lipinski definition) is 6. The fourth-order valence-electron chi connectivity index (χ4n) is 1.67. The van der Waals surface area contributed by atoms with Crippen LogP contribution in [-0.4, -0.2) is 34.8 Å². The van der Waals surface area contributed by atoms with Gasteiger partial charge < -0.3 is 9.47 Å². The molecule has 0 fully saturated rings. The van der Waals surface area contributed by atoms with Crippen LogP contribution < -0.4 is 15.0 Å². The zero-order valence-electron chi connectivity index (χ0n) is 11.6. The second-order valence-electron chi connectivity index (χ2n) is 3.88. The number of rotatable bonds is 5. The van der Waals surface area contributed by atoms with Crippen molar-refractivity contribution < 1.29 is 9.47 Å². The second kappa shape index (κ2) is 6.80. The third-order valence-corrected chi connectivity index (χ3v) is 2.83. The molecule has 0 aliphatic heterocycles. The molecule has 0 bridgehead atoms. The van der Waals surface area contributed by atoms with E-state index >= 15 is 0 Å². The van der Waals surface area contributed by atoms with Gasteiger partial charge in [-0.05, 0) is 31.3 Å². The molecule has 0 aliphatic rings. The Balaban J connectivity index is 2.46. The molecule has 21 heavy (non-hydrogen) atoms. The van der Waals surface area contributed by atoms with Gasteiger partial charge in [0.05, 0.1) is 19.9 Å². The van der Waals surface area contributed by atoms with Crippen LogP contribution in [0.5, 0.6) is 11.5 Å². The molecule has 0 aliphatic carbocycles. The summed E-state index contributed by atoms with van der Waals surface area (Å²) in [6.07, 6.45) is 2.58. The first-order chi connectivity index (χ1) is 10.2. The van der Waals surface area contributed by atoms with E-state index in [4.69, 9.17) is 21.7 Å². The Morgan fingerprint density at radius 1 is 1.52 bits per heavy atom. The minimum Gasteiger partial charge on any atom is -0.493 e. The van der Waals surface area contributed by atoms with Crippen LogP contribution in [0.15, 0.2) is 34.3 Å². The van der Waals surface area contributed by atoms with E-state index in [1.165, 1.54) is 6.21 Å². The molecule has 0 spiro atoms. The van der Waals surface area contributed by atoms with Gasteiger partial charge in [0, 0.05) is 5.56 Å². The summed E-state index contributed by atoms with van der Waals surface area (Å²) < 4.78 is 12.0. The number of para-hydroxylation sites is 1. The summed E-state index contributed by atoms with van der Waals surface area (Å²) in [5.74, 6) is 1.15. The first-order valence-electron chi connectivity index (χ1n) is 6.18. The lowest BCUT2D eigenvalue weighted by molar-refractivity contribution is 0.310. The number of hydrogen-bond donors (Lipinski definition) is 1. The average Bonchev–Trinajstić information content (AvgIpc) is 2.48. The molecule has 0 saturated carbocycles. The van der Waals surface area contributed by atoms with Crippen LogP contribution in [0.2, 0.25) is 0 Å². The van der Waals surface area contributed by atoms with Crippen molar-refractivity contribution in [1.29, 1.82) is 0 Å². The lowest BCUT2D eigenvalue weighted by Crippen LogP contribution is -2.18. The SMILES string of the molecule is CCOc1c(/C=N\n2c(=O)cn[nH]c2=S)cccc1OC. The van der Waals surface area contributed by atoms with Gasteiger partial charge in [0.2, 0.25) is 4.77 Å². The third kappa shape index (κ3) is 3.34. The van der Waals surface area contributed by atoms with Gasteiger partial charge in [-0.25, -0.2) is 0 Å². The summed E-state index contributed by atoms with van der Waals surface area (Å²) in [6, 6.07) is 5.39. The molecule has 0 radical (unpaired) electrons. The van der Waals surface area contributed by atoms with Crippen molar-refractivity contribution in [3.05, 3.63) is 45.1 Å². The molecule has 1 heterocycles. The smallest absolute Gasteiger partial charge is 0.293 e. The Hall–Kier alpha value is -2.48. The summed E-state index contributed by atoms with van der Waals surface area (Å²) in [7, 11) is 1.56. The summed E-state index contributed by atoms with van der Waals surface area (Å²) in [6.45, 7) is 2.35. The second-order valence-corrected chi connectivity index (χ2v) is 4.27. The minimum atomic E-state index is -0.421. The highest BCUT2D eigenvalue weighted by atomic mass is 32.1. The maximum Gasteiger partial charge on any atom is 0.293 e. The molecular formula is C13H14N4O3S. The fourth-order valence-corrected chi connectivity index (χ4v) is 1.86. The molecule has 2 rings (SSSR count). The molecule has 0 unspecified atom stereocenters. The number of benzene rings is 1. The van der Waals surface area contributed by atoms with Crippen molar-refractivity contribution in [3.8, 4) is 11.5 Å². The summed E-state index contributed by atoms with van der Waals surface area (Å²) in [4.78, 5) is 11.6. The number of H-pyrrole nitrogens is 1. The van der Waals surface area contributed by atoms with Crippen LogP contribution >= 0.6 is 12.2 Å². The predicted octanol–water partition coefficient (Wildman–Crippen LogP) is 1.59. The Kier molecular flexibility index (Phi) is 4.83. The van der Waals surface area contributed by atoms with Gasteiger partial charge in [0.1, 0.15) is 6.20 Å². The van der Waals surface area contributed by atoms with E-state index in [-0.39, 0.29) is 4.77 Å². The molecule has 1 aromatic carbocycles. The molecule has 0 atom stereocenters. The Morgan fingerprint density at radius 3 is 3.00 bits per heavy atom. The highest BCUT2D eigenvalue weighted by molar-refractivity contribution is 7.71. The molecule has 8 heteroatoms. The van der Waals surface area contributed by atoms with Gasteiger partial charge in [-0.1, -0.05) is 6.07 Å². The quantitative estimate of drug-likeness (QED) is 0.670. The van der Waals surface area contributed by atoms with Gasteiger partial charge in [-0.15, -0.1) is 0 Å². The van der Waals surface area contributed by atoms with Gasteiger partial charge >= 0.3 is 0 Å². The lowest BCUT2D eigenvalue weighted by atomic mass is 10.2. The molecule has 7 nitrogen and oxygen atoms in total. The number of nitrogens with zero attached hydrogens (tertiary/aromatic N) is 3. The van der Waals surface area contributed by atoms with E-state index in [1.807, 2.05) is 6.92 Å². The monoisotopic (exact) mass is 306 g/mol. The third-order valence-electron chi connectivity index (χ3n) is 2.57. The summed E-state index contributed by atoms with van der Waals surface area (Å²) >= 11 is 4.96. The fraction of sp³-hybridized carbons (Fsp3) is 0.231. The maximum atomic E-state index is 11.6. The van der Waals surface area contributed by atoms with Crippen molar-refractivity contribution in [2.75, 3.05) is 13.7 Å². The highest BCUT2D eigenvalue weighted by Crippen LogP contribution is 2.29. The van der Waals surface area contributed by atoms with E-state index in [9.17, 15) is 4.79 Å². The number of nitrogens with one attached hydrogen (secondary N) is 1. The zero-order valence-corrected chi connectivity index (χ0v) is 12.4. The lowest BCUT2D eigenvalue weighted by Gasteiger charge is -2.11. The molecule has 2 aromatic rings. The van der Waals surface area contributed by atoms with Crippen LogP contribution in [0.4, 0.5) is 0 Å². The molecular weight excluding hydrogens is 292 g/mol. The van der Waals surface area contributed by atoms with Crippen molar-refractivity contribution >= 4 is 18.4 Å². The zero-order chi connectivity index (χ0) is 15.2. The molecule has 1 N–H and O–H groups in total. The standard InChI is InChI=1S/C13H14N4O3S/c1-3-20-12-9(5-4-6-10(12)19-2)7-15-17-11(18)8-14-16-13(17)21/h4-8H,3H2,1-2H3,(H,16,21)/b15-7-. The van der Waals surface area contributed by atoms with E-state index in [0.29, 0.717) is 23.7 Å². The molecule has 0 saturated heterocycles. The predicted molar refractivity (Wildman–Crippen MR) is 80.8 cm³/mol. The van der Waals surface area contributed by atoms with Gasteiger partial charge in [-0.2, -0.15) is 14.9 Å². The Labute approximate surface area is 125 Å².